The number of carbonyl (C=O) groups is 2. The fourth-order valence-corrected chi connectivity index (χ4v) is 1.98. The molecule has 0 radical (unpaired) electrons. The van der Waals surface area contributed by atoms with Gasteiger partial charge in [-0.25, -0.2) is 4.79 Å². The first kappa shape index (κ1) is 21.0. The van der Waals surface area contributed by atoms with Gasteiger partial charge in [-0.2, -0.15) is 0 Å². The Labute approximate surface area is 149 Å². The van der Waals surface area contributed by atoms with Gasteiger partial charge >= 0.3 is 11.9 Å². The molecule has 140 valence electrons. The maximum absolute atomic E-state index is 11.5. The second-order valence-corrected chi connectivity index (χ2v) is 6.56. The molecule has 0 fully saturated rings. The summed E-state index contributed by atoms with van der Waals surface area (Å²) in [5.74, 6) is 0.177. The molecule has 0 aliphatic heterocycles. The van der Waals surface area contributed by atoms with E-state index in [-0.39, 0.29) is 18.5 Å². The zero-order chi connectivity index (χ0) is 18.7. The van der Waals surface area contributed by atoms with Gasteiger partial charge in [-0.1, -0.05) is 12.1 Å². The van der Waals surface area contributed by atoms with Crippen LogP contribution in [0.5, 0.6) is 5.75 Å². The molecular weight excluding hydrogens is 324 g/mol. The summed E-state index contributed by atoms with van der Waals surface area (Å²) in [4.78, 5) is 22.6. The van der Waals surface area contributed by atoms with Crippen LogP contribution in [0.3, 0.4) is 0 Å². The summed E-state index contributed by atoms with van der Waals surface area (Å²) in [6.45, 7) is 6.33. The van der Waals surface area contributed by atoms with Gasteiger partial charge in [-0.05, 0) is 44.9 Å². The molecule has 1 aromatic rings. The molecular formula is C19H28O6. The largest absolute Gasteiger partial charge is 0.494 e. The van der Waals surface area contributed by atoms with Crippen LogP contribution in [0.1, 0.15) is 39.2 Å². The van der Waals surface area contributed by atoms with Crippen LogP contribution in [-0.4, -0.2) is 44.5 Å². The highest BCUT2D eigenvalue weighted by Crippen LogP contribution is 2.14. The maximum Gasteiger partial charge on any atom is 0.332 e. The quantitative estimate of drug-likeness (QED) is 0.476. The molecule has 0 unspecified atom stereocenters. The van der Waals surface area contributed by atoms with Crippen molar-refractivity contribution < 1.29 is 28.5 Å². The SMILES string of the molecule is COC(=O)CCc1ccc(OCCCOCC(=O)OC(C)(C)C)cc1. The van der Waals surface area contributed by atoms with Gasteiger partial charge in [0.2, 0.25) is 0 Å². The van der Waals surface area contributed by atoms with E-state index in [9.17, 15) is 9.59 Å². The Kier molecular flexibility index (Phi) is 8.99. The standard InChI is InChI=1S/C19H28O6/c1-19(2,3)25-18(21)14-23-12-5-13-24-16-9-6-15(7-10-16)8-11-17(20)22-4/h6-7,9-10H,5,8,11-14H2,1-4H3. The van der Waals surface area contributed by atoms with Gasteiger partial charge in [0.1, 0.15) is 18.0 Å². The number of hydrogen-bond acceptors (Lipinski definition) is 6. The van der Waals surface area contributed by atoms with E-state index in [1.54, 1.807) is 0 Å². The summed E-state index contributed by atoms with van der Waals surface area (Å²) in [5.41, 5.74) is 0.561. The van der Waals surface area contributed by atoms with E-state index < -0.39 is 5.60 Å². The molecule has 0 bridgehead atoms. The van der Waals surface area contributed by atoms with Crippen molar-refractivity contribution >= 4 is 11.9 Å². The normalized spacial score (nSPS) is 11.0. The zero-order valence-electron chi connectivity index (χ0n) is 15.5. The molecule has 0 amide bonds. The third kappa shape index (κ3) is 10.4. The van der Waals surface area contributed by atoms with E-state index in [4.69, 9.17) is 14.2 Å². The summed E-state index contributed by atoms with van der Waals surface area (Å²) in [7, 11) is 1.39. The Balaban J connectivity index is 2.14. The molecule has 0 atom stereocenters. The van der Waals surface area contributed by atoms with E-state index in [1.807, 2.05) is 45.0 Å². The smallest absolute Gasteiger partial charge is 0.332 e. The third-order valence-corrected chi connectivity index (χ3v) is 3.11. The maximum atomic E-state index is 11.5. The predicted molar refractivity (Wildman–Crippen MR) is 93.6 cm³/mol. The lowest BCUT2D eigenvalue weighted by Gasteiger charge is -2.19. The fourth-order valence-electron chi connectivity index (χ4n) is 1.98. The first-order valence-corrected chi connectivity index (χ1v) is 8.38. The van der Waals surface area contributed by atoms with Crippen molar-refractivity contribution in [2.75, 3.05) is 26.9 Å². The Hall–Kier alpha value is -2.08. The van der Waals surface area contributed by atoms with Crippen molar-refractivity contribution in [3.8, 4) is 5.75 Å². The van der Waals surface area contributed by atoms with Gasteiger partial charge in [0.25, 0.3) is 0 Å². The molecule has 0 spiro atoms. The van der Waals surface area contributed by atoms with Gasteiger partial charge in [0.05, 0.1) is 20.3 Å². The molecule has 1 rings (SSSR count). The van der Waals surface area contributed by atoms with Crippen molar-refractivity contribution in [3.63, 3.8) is 0 Å². The molecule has 25 heavy (non-hydrogen) atoms. The summed E-state index contributed by atoms with van der Waals surface area (Å²) >= 11 is 0. The highest BCUT2D eigenvalue weighted by atomic mass is 16.6. The van der Waals surface area contributed by atoms with Crippen LogP contribution in [0, 0.1) is 0 Å². The summed E-state index contributed by atoms with van der Waals surface area (Å²) in [6, 6.07) is 7.59. The third-order valence-electron chi connectivity index (χ3n) is 3.11. The average Bonchev–Trinajstić information content (AvgIpc) is 2.55. The molecule has 6 heteroatoms. The van der Waals surface area contributed by atoms with Crippen molar-refractivity contribution in [2.45, 2.75) is 45.6 Å². The van der Waals surface area contributed by atoms with Crippen LogP contribution in [-0.2, 0) is 30.2 Å². The number of esters is 2. The van der Waals surface area contributed by atoms with Crippen LogP contribution in [0.25, 0.3) is 0 Å². The van der Waals surface area contributed by atoms with Gasteiger partial charge in [-0.15, -0.1) is 0 Å². The highest BCUT2D eigenvalue weighted by Gasteiger charge is 2.15. The number of carbonyl (C=O) groups excluding carboxylic acids is 2. The van der Waals surface area contributed by atoms with Crippen molar-refractivity contribution in [2.24, 2.45) is 0 Å². The molecule has 0 N–H and O–H groups in total. The van der Waals surface area contributed by atoms with Crippen LogP contribution in [0.2, 0.25) is 0 Å². The molecule has 6 nitrogen and oxygen atoms in total. The van der Waals surface area contributed by atoms with E-state index >= 15 is 0 Å². The number of rotatable bonds is 10. The summed E-state index contributed by atoms with van der Waals surface area (Å²) in [5, 5.41) is 0. The molecule has 0 aliphatic rings. The monoisotopic (exact) mass is 352 g/mol. The van der Waals surface area contributed by atoms with Crippen molar-refractivity contribution in [1.29, 1.82) is 0 Å². The first-order chi connectivity index (χ1) is 11.8. The van der Waals surface area contributed by atoms with Crippen molar-refractivity contribution in [1.82, 2.24) is 0 Å². The van der Waals surface area contributed by atoms with Gasteiger partial charge < -0.3 is 18.9 Å². The minimum Gasteiger partial charge on any atom is -0.494 e. The molecule has 0 saturated heterocycles. The number of aryl methyl sites for hydroxylation is 1. The first-order valence-electron chi connectivity index (χ1n) is 8.38. The Morgan fingerprint density at radius 3 is 2.28 bits per heavy atom. The number of ether oxygens (including phenoxy) is 4. The molecule has 0 aliphatic carbocycles. The lowest BCUT2D eigenvalue weighted by molar-refractivity contribution is -0.160. The number of hydrogen-bond donors (Lipinski definition) is 0. The second kappa shape index (κ2) is 10.7. The fraction of sp³-hybridized carbons (Fsp3) is 0.579. The van der Waals surface area contributed by atoms with E-state index in [1.165, 1.54) is 7.11 Å². The van der Waals surface area contributed by atoms with Crippen LogP contribution in [0.15, 0.2) is 24.3 Å². The van der Waals surface area contributed by atoms with Crippen LogP contribution < -0.4 is 4.74 Å². The summed E-state index contributed by atoms with van der Waals surface area (Å²) in [6.07, 6.45) is 1.68. The minimum absolute atomic E-state index is 0.0494. The average molecular weight is 352 g/mol. The predicted octanol–water partition coefficient (Wildman–Crippen LogP) is 2.92. The van der Waals surface area contributed by atoms with E-state index in [2.05, 4.69) is 4.74 Å². The molecule has 0 saturated carbocycles. The zero-order valence-corrected chi connectivity index (χ0v) is 15.5. The van der Waals surface area contributed by atoms with E-state index in [0.29, 0.717) is 32.5 Å². The summed E-state index contributed by atoms with van der Waals surface area (Å²) < 4.78 is 20.6. The highest BCUT2D eigenvalue weighted by molar-refractivity contribution is 5.71. The number of benzene rings is 1. The molecule has 0 heterocycles. The van der Waals surface area contributed by atoms with Crippen LogP contribution >= 0.6 is 0 Å². The Morgan fingerprint density at radius 1 is 1.00 bits per heavy atom. The van der Waals surface area contributed by atoms with Gasteiger partial charge in [0, 0.05) is 12.8 Å². The van der Waals surface area contributed by atoms with Crippen LogP contribution in [0.4, 0.5) is 0 Å². The van der Waals surface area contributed by atoms with Crippen molar-refractivity contribution in [3.05, 3.63) is 29.8 Å². The Bertz CT molecular complexity index is 530. The Morgan fingerprint density at radius 2 is 1.68 bits per heavy atom. The van der Waals surface area contributed by atoms with Gasteiger partial charge in [-0.3, -0.25) is 4.79 Å². The lowest BCUT2D eigenvalue weighted by Crippen LogP contribution is -2.26. The topological polar surface area (TPSA) is 71.1 Å². The molecule has 1 aromatic carbocycles. The second-order valence-electron chi connectivity index (χ2n) is 6.56. The minimum atomic E-state index is -0.493. The molecule has 0 aromatic heterocycles. The number of methoxy groups -OCH3 is 1. The van der Waals surface area contributed by atoms with Gasteiger partial charge in [0.15, 0.2) is 0 Å². The van der Waals surface area contributed by atoms with E-state index in [0.717, 1.165) is 11.3 Å². The lowest BCUT2D eigenvalue weighted by atomic mass is 10.1.